The lowest BCUT2D eigenvalue weighted by molar-refractivity contribution is -0.128. The Balaban J connectivity index is 2.01. The molecule has 0 unspecified atom stereocenters. The Morgan fingerprint density at radius 3 is 2.67 bits per heavy atom. The fraction of sp³-hybridized carbons (Fsp3) is 0. The highest BCUT2D eigenvalue weighted by molar-refractivity contribution is 7.21. The summed E-state index contributed by atoms with van der Waals surface area (Å²) in [7, 11) is 0. The number of ether oxygens (including phenoxy) is 1. The zero-order chi connectivity index (χ0) is 16.5. The van der Waals surface area contributed by atoms with E-state index in [0.29, 0.717) is 5.75 Å². The van der Waals surface area contributed by atoms with Crippen LogP contribution in [0, 0.1) is 0 Å². The number of fused-ring (bicyclic) bond motifs is 2. The van der Waals surface area contributed by atoms with Crippen LogP contribution in [0.5, 0.6) is 5.75 Å². The van der Waals surface area contributed by atoms with Crippen molar-refractivity contribution in [2.45, 2.75) is 0 Å². The molecule has 0 saturated heterocycles. The molecule has 4 aromatic rings. The molecule has 0 bridgehead atoms. The van der Waals surface area contributed by atoms with Crippen molar-refractivity contribution >= 4 is 38.3 Å². The fourth-order valence-electron chi connectivity index (χ4n) is 2.69. The molecule has 1 heterocycles. The van der Waals surface area contributed by atoms with Crippen LogP contribution >= 0.6 is 11.3 Å². The molecular formula is C20H13NO2S. The first-order valence-corrected chi connectivity index (χ1v) is 8.30. The summed E-state index contributed by atoms with van der Waals surface area (Å²) in [5.74, 6) is 0.0188. The summed E-state index contributed by atoms with van der Waals surface area (Å²) in [6, 6.07) is 19.7. The van der Waals surface area contributed by atoms with Gasteiger partial charge < -0.3 is 4.74 Å². The quantitative estimate of drug-likeness (QED) is 0.294. The molecule has 0 saturated carbocycles. The summed E-state index contributed by atoms with van der Waals surface area (Å²) in [5.41, 5.74) is 1.77. The number of nitrogens with zero attached hydrogens (tertiary/aromatic N) is 1. The summed E-state index contributed by atoms with van der Waals surface area (Å²) >= 11 is 1.59. The van der Waals surface area contributed by atoms with E-state index in [-0.39, 0.29) is 0 Å². The topological polar surface area (TPSA) is 39.2 Å². The number of carbonyl (C=O) groups excluding carboxylic acids is 1. The van der Waals surface area contributed by atoms with E-state index in [9.17, 15) is 4.79 Å². The Morgan fingerprint density at radius 2 is 1.83 bits per heavy atom. The Labute approximate surface area is 142 Å². The monoisotopic (exact) mass is 331 g/mol. The van der Waals surface area contributed by atoms with Crippen LogP contribution in [0.3, 0.4) is 0 Å². The van der Waals surface area contributed by atoms with E-state index >= 15 is 0 Å². The molecule has 0 fully saturated rings. The number of carbonyl (C=O) groups is 1. The third-order valence-corrected chi connectivity index (χ3v) is 4.83. The van der Waals surface area contributed by atoms with Gasteiger partial charge >= 0.3 is 5.97 Å². The van der Waals surface area contributed by atoms with Crippen LogP contribution in [0.1, 0.15) is 0 Å². The number of rotatable bonds is 3. The number of thiazole rings is 1. The summed E-state index contributed by atoms with van der Waals surface area (Å²) in [6.07, 6.45) is 1.16. The molecule has 3 nitrogen and oxygen atoms in total. The highest BCUT2D eigenvalue weighted by Crippen LogP contribution is 2.40. The Kier molecular flexibility index (Phi) is 3.59. The van der Waals surface area contributed by atoms with Crippen molar-refractivity contribution in [1.29, 1.82) is 0 Å². The van der Waals surface area contributed by atoms with Gasteiger partial charge in [0.15, 0.2) is 0 Å². The van der Waals surface area contributed by atoms with Gasteiger partial charge in [-0.25, -0.2) is 9.78 Å². The average molecular weight is 331 g/mol. The van der Waals surface area contributed by atoms with Crippen molar-refractivity contribution in [1.82, 2.24) is 4.98 Å². The van der Waals surface area contributed by atoms with Gasteiger partial charge in [-0.3, -0.25) is 0 Å². The Hall–Kier alpha value is -2.98. The van der Waals surface area contributed by atoms with E-state index in [1.807, 2.05) is 60.7 Å². The van der Waals surface area contributed by atoms with E-state index in [1.165, 1.54) is 0 Å². The predicted octanol–water partition coefficient (Wildman–Crippen LogP) is 5.21. The van der Waals surface area contributed by atoms with Gasteiger partial charge in [0.2, 0.25) is 0 Å². The van der Waals surface area contributed by atoms with Crippen LogP contribution in [-0.4, -0.2) is 11.0 Å². The molecule has 0 aliphatic heterocycles. The molecule has 0 atom stereocenters. The molecule has 0 aliphatic carbocycles. The summed E-state index contributed by atoms with van der Waals surface area (Å²) in [4.78, 5) is 16.4. The lowest BCUT2D eigenvalue weighted by Crippen LogP contribution is -2.04. The van der Waals surface area contributed by atoms with Gasteiger partial charge in [-0.1, -0.05) is 49.0 Å². The highest BCUT2D eigenvalue weighted by atomic mass is 32.1. The van der Waals surface area contributed by atoms with Crippen LogP contribution in [0.25, 0.3) is 31.6 Å². The number of aromatic nitrogens is 1. The van der Waals surface area contributed by atoms with Gasteiger partial charge in [0, 0.05) is 6.08 Å². The number of benzene rings is 3. The zero-order valence-electron chi connectivity index (χ0n) is 12.7. The third kappa shape index (κ3) is 2.47. The summed E-state index contributed by atoms with van der Waals surface area (Å²) in [6.45, 7) is 3.47. The van der Waals surface area contributed by atoms with E-state index in [0.717, 1.165) is 37.6 Å². The fourth-order valence-corrected chi connectivity index (χ4v) is 3.72. The molecule has 0 aliphatic rings. The van der Waals surface area contributed by atoms with Crippen molar-refractivity contribution in [3.63, 3.8) is 0 Å². The van der Waals surface area contributed by atoms with E-state index in [4.69, 9.17) is 9.72 Å². The zero-order valence-corrected chi connectivity index (χ0v) is 13.5. The van der Waals surface area contributed by atoms with Gasteiger partial charge in [0.1, 0.15) is 10.8 Å². The van der Waals surface area contributed by atoms with Crippen LogP contribution in [0.2, 0.25) is 0 Å². The minimum atomic E-state index is -0.479. The summed E-state index contributed by atoms with van der Waals surface area (Å²) in [5, 5.41) is 2.91. The van der Waals surface area contributed by atoms with Crippen molar-refractivity contribution in [2.24, 2.45) is 0 Å². The molecule has 24 heavy (non-hydrogen) atoms. The molecule has 4 heteroatoms. The largest absolute Gasteiger partial charge is 0.423 e. The van der Waals surface area contributed by atoms with Gasteiger partial charge in [-0.05, 0) is 29.0 Å². The molecule has 0 amide bonds. The van der Waals surface area contributed by atoms with Gasteiger partial charge in [0.05, 0.1) is 15.8 Å². The maximum absolute atomic E-state index is 11.7. The van der Waals surface area contributed by atoms with E-state index in [2.05, 4.69) is 6.58 Å². The van der Waals surface area contributed by atoms with Crippen LogP contribution in [0.4, 0.5) is 0 Å². The van der Waals surface area contributed by atoms with Crippen LogP contribution in [0.15, 0.2) is 73.3 Å². The number of para-hydroxylation sites is 1. The minimum Gasteiger partial charge on any atom is -0.423 e. The van der Waals surface area contributed by atoms with Crippen LogP contribution < -0.4 is 4.74 Å². The molecule has 1 aromatic heterocycles. The normalized spacial score (nSPS) is 10.8. The highest BCUT2D eigenvalue weighted by Gasteiger charge is 2.16. The first-order valence-electron chi connectivity index (χ1n) is 7.48. The first kappa shape index (κ1) is 14.6. The second-order valence-corrected chi connectivity index (χ2v) is 6.30. The lowest BCUT2D eigenvalue weighted by Gasteiger charge is -2.10. The van der Waals surface area contributed by atoms with Gasteiger partial charge in [-0.2, -0.15) is 0 Å². The second kappa shape index (κ2) is 5.91. The van der Waals surface area contributed by atoms with Crippen molar-refractivity contribution in [3.05, 3.63) is 73.3 Å². The average Bonchev–Trinajstić information content (AvgIpc) is 3.05. The number of hydrogen-bond donors (Lipinski definition) is 0. The second-order valence-electron chi connectivity index (χ2n) is 5.27. The van der Waals surface area contributed by atoms with Gasteiger partial charge in [-0.15, -0.1) is 11.3 Å². The van der Waals surface area contributed by atoms with Crippen molar-refractivity contribution in [2.75, 3.05) is 0 Å². The maximum atomic E-state index is 11.7. The predicted molar refractivity (Wildman–Crippen MR) is 98.4 cm³/mol. The molecular weight excluding hydrogens is 318 g/mol. The Morgan fingerprint density at radius 1 is 1.04 bits per heavy atom. The molecule has 3 aromatic carbocycles. The third-order valence-electron chi connectivity index (χ3n) is 3.78. The SMILES string of the molecule is C=CC(=O)Oc1ccc2ccccc2c1-c1nc2ccccc2s1. The lowest BCUT2D eigenvalue weighted by atomic mass is 10.0. The molecule has 0 spiro atoms. The molecule has 116 valence electrons. The first-order chi connectivity index (χ1) is 11.8. The molecule has 0 radical (unpaired) electrons. The molecule has 4 rings (SSSR count). The smallest absolute Gasteiger partial charge is 0.335 e. The van der Waals surface area contributed by atoms with Crippen LogP contribution in [-0.2, 0) is 4.79 Å². The molecule has 0 N–H and O–H groups in total. The summed E-state index contributed by atoms with van der Waals surface area (Å²) < 4.78 is 6.56. The van der Waals surface area contributed by atoms with Gasteiger partial charge in [0.25, 0.3) is 0 Å². The van der Waals surface area contributed by atoms with Crippen molar-refractivity contribution < 1.29 is 9.53 Å². The van der Waals surface area contributed by atoms with E-state index in [1.54, 1.807) is 11.3 Å². The Bertz CT molecular complexity index is 1050. The minimum absolute atomic E-state index is 0.479. The van der Waals surface area contributed by atoms with E-state index < -0.39 is 5.97 Å². The maximum Gasteiger partial charge on any atom is 0.335 e. The number of hydrogen-bond acceptors (Lipinski definition) is 4. The standard InChI is InChI=1S/C20H13NO2S/c1-2-18(22)23-16-12-11-13-7-3-4-8-14(13)19(16)20-21-15-9-5-6-10-17(15)24-20/h2-12H,1H2. The number of esters is 1. The van der Waals surface area contributed by atoms with Crippen molar-refractivity contribution in [3.8, 4) is 16.3 Å².